The summed E-state index contributed by atoms with van der Waals surface area (Å²) in [5, 5.41) is 5.21. The van der Waals surface area contributed by atoms with Crippen LogP contribution in [0.1, 0.15) is 18.1 Å². The Balaban J connectivity index is 1.56. The van der Waals surface area contributed by atoms with Gasteiger partial charge in [0.15, 0.2) is 6.61 Å². The Hall–Kier alpha value is -3.68. The van der Waals surface area contributed by atoms with Crippen LogP contribution in [0, 0.1) is 6.92 Å². The smallest absolute Gasteiger partial charge is 0.326 e. The molecule has 0 bridgehead atoms. The van der Waals surface area contributed by atoms with E-state index in [1.807, 2.05) is 13.0 Å². The molecule has 150 valence electrons. The summed E-state index contributed by atoms with van der Waals surface area (Å²) in [7, 11) is 0. The molecule has 0 radical (unpaired) electrons. The molecule has 2 N–H and O–H groups in total. The van der Waals surface area contributed by atoms with E-state index in [-0.39, 0.29) is 0 Å². The number of carbonyl (C=O) groups excluding carboxylic acids is 4. The van der Waals surface area contributed by atoms with Gasteiger partial charge in [-0.25, -0.2) is 4.79 Å². The second kappa shape index (κ2) is 8.14. The molecular formula is C21H21N3O5. The van der Waals surface area contributed by atoms with Crippen LogP contribution in [0.15, 0.2) is 54.6 Å². The summed E-state index contributed by atoms with van der Waals surface area (Å²) in [4.78, 5) is 49.8. The SMILES string of the molecule is Cc1cccc(NC(=O)COC(=O)CN2C(=O)N[C@@](C)(c3ccccc3)C2=O)c1. The fourth-order valence-electron chi connectivity index (χ4n) is 3.05. The maximum absolute atomic E-state index is 12.7. The number of imide groups is 1. The van der Waals surface area contributed by atoms with Crippen molar-refractivity contribution in [3.63, 3.8) is 0 Å². The lowest BCUT2D eigenvalue weighted by Gasteiger charge is -2.21. The van der Waals surface area contributed by atoms with Crippen LogP contribution in [0.3, 0.4) is 0 Å². The summed E-state index contributed by atoms with van der Waals surface area (Å²) in [5.41, 5.74) is 0.895. The van der Waals surface area contributed by atoms with E-state index in [1.165, 1.54) is 0 Å². The molecule has 0 saturated carbocycles. The first kappa shape index (κ1) is 20.1. The summed E-state index contributed by atoms with van der Waals surface area (Å²) in [6.07, 6.45) is 0. The summed E-state index contributed by atoms with van der Waals surface area (Å²) >= 11 is 0. The zero-order valence-electron chi connectivity index (χ0n) is 16.1. The van der Waals surface area contributed by atoms with Gasteiger partial charge in [0.1, 0.15) is 12.1 Å². The van der Waals surface area contributed by atoms with Gasteiger partial charge in [0.05, 0.1) is 0 Å². The number of amides is 4. The molecule has 0 unspecified atom stereocenters. The van der Waals surface area contributed by atoms with Gasteiger partial charge >= 0.3 is 12.0 Å². The Bertz CT molecular complexity index is 960. The maximum atomic E-state index is 12.7. The van der Waals surface area contributed by atoms with Crippen molar-refractivity contribution in [1.82, 2.24) is 10.2 Å². The molecule has 2 aromatic rings. The van der Waals surface area contributed by atoms with Crippen LogP contribution in [0.4, 0.5) is 10.5 Å². The van der Waals surface area contributed by atoms with Gasteiger partial charge in [0.25, 0.3) is 11.8 Å². The molecule has 1 atom stereocenters. The predicted octanol–water partition coefficient (Wildman–Crippen LogP) is 1.94. The van der Waals surface area contributed by atoms with Crippen LogP contribution in [0.25, 0.3) is 0 Å². The van der Waals surface area contributed by atoms with E-state index >= 15 is 0 Å². The molecule has 1 saturated heterocycles. The van der Waals surface area contributed by atoms with E-state index in [1.54, 1.807) is 55.5 Å². The largest absolute Gasteiger partial charge is 0.454 e. The molecule has 3 rings (SSSR count). The third-order valence-corrected chi connectivity index (χ3v) is 4.58. The molecule has 8 heteroatoms. The Morgan fingerprint density at radius 1 is 1.10 bits per heavy atom. The van der Waals surface area contributed by atoms with Gasteiger partial charge in [0, 0.05) is 5.69 Å². The highest BCUT2D eigenvalue weighted by Gasteiger charge is 2.49. The molecule has 1 fully saturated rings. The first-order chi connectivity index (χ1) is 13.8. The fraction of sp³-hybridized carbons (Fsp3) is 0.238. The predicted molar refractivity (Wildman–Crippen MR) is 105 cm³/mol. The van der Waals surface area contributed by atoms with Crippen LogP contribution >= 0.6 is 0 Å². The molecule has 29 heavy (non-hydrogen) atoms. The minimum Gasteiger partial charge on any atom is -0.454 e. The number of ether oxygens (including phenoxy) is 1. The van der Waals surface area contributed by atoms with Crippen molar-refractivity contribution in [2.24, 2.45) is 0 Å². The zero-order chi connectivity index (χ0) is 21.0. The number of nitrogens with one attached hydrogen (secondary N) is 2. The van der Waals surface area contributed by atoms with Crippen molar-refractivity contribution in [3.8, 4) is 0 Å². The van der Waals surface area contributed by atoms with Gasteiger partial charge in [-0.15, -0.1) is 0 Å². The van der Waals surface area contributed by atoms with Gasteiger partial charge in [0.2, 0.25) is 0 Å². The number of anilines is 1. The second-order valence-electron chi connectivity index (χ2n) is 6.89. The van der Waals surface area contributed by atoms with Crippen molar-refractivity contribution in [2.75, 3.05) is 18.5 Å². The van der Waals surface area contributed by atoms with Crippen molar-refractivity contribution in [3.05, 3.63) is 65.7 Å². The van der Waals surface area contributed by atoms with Gasteiger partial charge in [-0.1, -0.05) is 42.5 Å². The summed E-state index contributed by atoms with van der Waals surface area (Å²) < 4.78 is 4.91. The molecule has 1 aliphatic heterocycles. The molecule has 1 aliphatic rings. The molecule has 1 heterocycles. The Kier molecular flexibility index (Phi) is 5.63. The van der Waals surface area contributed by atoms with Crippen LogP contribution < -0.4 is 10.6 Å². The summed E-state index contributed by atoms with van der Waals surface area (Å²) in [6.45, 7) is 2.36. The third kappa shape index (κ3) is 4.43. The van der Waals surface area contributed by atoms with E-state index in [0.717, 1.165) is 10.5 Å². The monoisotopic (exact) mass is 395 g/mol. The maximum Gasteiger partial charge on any atom is 0.326 e. The normalized spacial score (nSPS) is 18.3. The number of hydrogen-bond donors (Lipinski definition) is 2. The number of hydrogen-bond acceptors (Lipinski definition) is 5. The number of aryl methyl sites for hydroxylation is 1. The molecule has 0 aromatic heterocycles. The highest BCUT2D eigenvalue weighted by Crippen LogP contribution is 2.28. The van der Waals surface area contributed by atoms with E-state index in [9.17, 15) is 19.2 Å². The summed E-state index contributed by atoms with van der Waals surface area (Å²) in [6, 6.07) is 15.2. The Morgan fingerprint density at radius 3 is 2.52 bits per heavy atom. The molecule has 0 spiro atoms. The van der Waals surface area contributed by atoms with E-state index < -0.39 is 42.5 Å². The minimum atomic E-state index is -1.26. The van der Waals surface area contributed by atoms with Crippen molar-refractivity contribution >= 4 is 29.5 Å². The average molecular weight is 395 g/mol. The van der Waals surface area contributed by atoms with Gasteiger partial charge in [-0.3, -0.25) is 19.3 Å². The minimum absolute atomic E-state index is 0.518. The lowest BCUT2D eigenvalue weighted by molar-refractivity contribution is -0.150. The molecule has 2 aromatic carbocycles. The fourth-order valence-corrected chi connectivity index (χ4v) is 3.05. The molecule has 4 amide bonds. The average Bonchev–Trinajstić information content (AvgIpc) is 2.91. The molecular weight excluding hydrogens is 374 g/mol. The summed E-state index contributed by atoms with van der Waals surface area (Å²) in [5.74, 6) is -1.93. The van der Waals surface area contributed by atoms with Gasteiger partial charge in [-0.2, -0.15) is 0 Å². The number of nitrogens with zero attached hydrogens (tertiary/aromatic N) is 1. The molecule has 0 aliphatic carbocycles. The number of benzene rings is 2. The van der Waals surface area contributed by atoms with Crippen molar-refractivity contribution in [2.45, 2.75) is 19.4 Å². The number of rotatable bonds is 6. The zero-order valence-corrected chi connectivity index (χ0v) is 16.1. The second-order valence-corrected chi connectivity index (χ2v) is 6.89. The van der Waals surface area contributed by atoms with Crippen molar-refractivity contribution in [1.29, 1.82) is 0 Å². The number of urea groups is 1. The highest BCUT2D eigenvalue weighted by molar-refractivity contribution is 6.09. The quantitative estimate of drug-likeness (QED) is 0.575. The van der Waals surface area contributed by atoms with Gasteiger partial charge in [-0.05, 0) is 37.1 Å². The first-order valence-electron chi connectivity index (χ1n) is 9.01. The van der Waals surface area contributed by atoms with Crippen LogP contribution in [-0.4, -0.2) is 41.9 Å². The topological polar surface area (TPSA) is 105 Å². The van der Waals surface area contributed by atoms with Crippen LogP contribution in [-0.2, 0) is 24.7 Å². The number of carbonyl (C=O) groups is 4. The third-order valence-electron chi connectivity index (χ3n) is 4.58. The lowest BCUT2D eigenvalue weighted by atomic mass is 9.92. The van der Waals surface area contributed by atoms with Crippen molar-refractivity contribution < 1.29 is 23.9 Å². The molecule has 8 nitrogen and oxygen atoms in total. The van der Waals surface area contributed by atoms with E-state index in [0.29, 0.717) is 11.3 Å². The van der Waals surface area contributed by atoms with E-state index in [2.05, 4.69) is 10.6 Å². The van der Waals surface area contributed by atoms with Crippen LogP contribution in [0.5, 0.6) is 0 Å². The lowest BCUT2D eigenvalue weighted by Crippen LogP contribution is -2.41. The first-order valence-corrected chi connectivity index (χ1v) is 9.01. The highest BCUT2D eigenvalue weighted by atomic mass is 16.5. The standard InChI is InChI=1S/C21H21N3O5/c1-14-7-6-10-16(11-14)22-17(25)13-29-18(26)12-24-19(27)21(2,23-20(24)28)15-8-4-3-5-9-15/h3-11H,12-13H2,1-2H3,(H,22,25)(H,23,28)/t21-/m0/s1. The number of esters is 1. The Morgan fingerprint density at radius 2 is 1.83 bits per heavy atom. The van der Waals surface area contributed by atoms with Gasteiger partial charge < -0.3 is 15.4 Å². The van der Waals surface area contributed by atoms with E-state index in [4.69, 9.17) is 4.74 Å². The Labute approximate surface area is 167 Å². The van der Waals surface area contributed by atoms with Crippen LogP contribution in [0.2, 0.25) is 0 Å².